The Balaban J connectivity index is 1.76. The van der Waals surface area contributed by atoms with Crippen LogP contribution in [0.25, 0.3) is 0 Å². The van der Waals surface area contributed by atoms with Crippen LogP contribution in [0.3, 0.4) is 0 Å². The zero-order valence-electron chi connectivity index (χ0n) is 13.4. The maximum atomic E-state index is 10.7. The molecule has 0 bridgehead atoms. The summed E-state index contributed by atoms with van der Waals surface area (Å²) >= 11 is 0. The molecule has 1 aromatic rings. The second kappa shape index (κ2) is 8.43. The van der Waals surface area contributed by atoms with Gasteiger partial charge in [-0.25, -0.2) is 0 Å². The summed E-state index contributed by atoms with van der Waals surface area (Å²) in [6, 6.07) is 8.09. The Morgan fingerprint density at radius 3 is 2.29 bits per heavy atom. The summed E-state index contributed by atoms with van der Waals surface area (Å²) in [7, 11) is 0. The molecule has 0 radical (unpaired) electrons. The average molecular weight is 290 g/mol. The van der Waals surface area contributed by atoms with Gasteiger partial charge in [-0.1, -0.05) is 64.0 Å². The molecule has 0 spiro atoms. The van der Waals surface area contributed by atoms with Crippen molar-refractivity contribution in [3.63, 3.8) is 0 Å². The van der Waals surface area contributed by atoms with E-state index in [0.29, 0.717) is 0 Å². The molecule has 0 aromatic heterocycles. The zero-order chi connectivity index (χ0) is 15.0. The summed E-state index contributed by atoms with van der Waals surface area (Å²) < 4.78 is 5.78. The first-order valence-electron chi connectivity index (χ1n) is 8.70. The predicted molar refractivity (Wildman–Crippen MR) is 87.7 cm³/mol. The van der Waals surface area contributed by atoms with E-state index in [4.69, 9.17) is 4.74 Å². The van der Waals surface area contributed by atoms with E-state index in [1.165, 1.54) is 32.1 Å². The van der Waals surface area contributed by atoms with Gasteiger partial charge in [0.05, 0.1) is 12.2 Å². The number of benzene rings is 1. The van der Waals surface area contributed by atoms with Gasteiger partial charge in [0, 0.05) is 0 Å². The molecule has 0 saturated heterocycles. The van der Waals surface area contributed by atoms with E-state index in [9.17, 15) is 5.11 Å². The van der Waals surface area contributed by atoms with Gasteiger partial charge >= 0.3 is 0 Å². The van der Waals surface area contributed by atoms with Gasteiger partial charge in [0.1, 0.15) is 5.75 Å². The Labute approximate surface area is 129 Å². The van der Waals surface area contributed by atoms with Crippen LogP contribution in [0.5, 0.6) is 5.75 Å². The van der Waals surface area contributed by atoms with Gasteiger partial charge in [-0.2, -0.15) is 0 Å². The van der Waals surface area contributed by atoms with E-state index in [2.05, 4.69) is 6.92 Å². The monoisotopic (exact) mass is 290 g/mol. The summed E-state index contributed by atoms with van der Waals surface area (Å²) in [5.41, 5.74) is 0.453. The van der Waals surface area contributed by atoms with Crippen LogP contribution in [0, 0.1) is 0 Å². The fourth-order valence-corrected chi connectivity index (χ4v) is 3.18. The van der Waals surface area contributed by atoms with E-state index in [0.717, 1.165) is 50.0 Å². The van der Waals surface area contributed by atoms with Crippen molar-refractivity contribution in [3.05, 3.63) is 29.8 Å². The fraction of sp³-hybridized carbons (Fsp3) is 0.684. The average Bonchev–Trinajstić information content (AvgIpc) is 2.52. The van der Waals surface area contributed by atoms with Crippen LogP contribution < -0.4 is 4.74 Å². The second-order valence-electron chi connectivity index (χ2n) is 6.38. The van der Waals surface area contributed by atoms with Crippen molar-refractivity contribution in [2.24, 2.45) is 0 Å². The molecule has 1 saturated carbocycles. The van der Waals surface area contributed by atoms with Crippen LogP contribution in [-0.2, 0) is 5.60 Å². The molecule has 0 unspecified atom stereocenters. The molecule has 118 valence electrons. The minimum absolute atomic E-state index is 0.600. The topological polar surface area (TPSA) is 29.5 Å². The Morgan fingerprint density at radius 2 is 1.62 bits per heavy atom. The SMILES string of the molecule is CCCCCCCOc1ccc(C2(O)CCCCC2)cc1. The molecule has 2 nitrogen and oxygen atoms in total. The van der Waals surface area contributed by atoms with Crippen molar-refractivity contribution in [2.75, 3.05) is 6.61 Å². The first-order valence-corrected chi connectivity index (χ1v) is 8.70. The highest BCUT2D eigenvalue weighted by Gasteiger charge is 2.30. The van der Waals surface area contributed by atoms with Crippen molar-refractivity contribution < 1.29 is 9.84 Å². The largest absolute Gasteiger partial charge is 0.494 e. The highest BCUT2D eigenvalue weighted by Crippen LogP contribution is 2.37. The number of hydrogen-bond acceptors (Lipinski definition) is 2. The molecular formula is C19H30O2. The fourth-order valence-electron chi connectivity index (χ4n) is 3.18. The summed E-state index contributed by atoms with van der Waals surface area (Å²) in [4.78, 5) is 0. The van der Waals surface area contributed by atoms with E-state index in [1.807, 2.05) is 24.3 Å². The lowest BCUT2D eigenvalue weighted by Gasteiger charge is -2.32. The van der Waals surface area contributed by atoms with Crippen LogP contribution in [0.2, 0.25) is 0 Å². The van der Waals surface area contributed by atoms with Crippen molar-refractivity contribution in [2.45, 2.75) is 76.7 Å². The van der Waals surface area contributed by atoms with Gasteiger partial charge in [0.15, 0.2) is 0 Å². The maximum Gasteiger partial charge on any atom is 0.119 e. The minimum atomic E-state index is -0.600. The molecule has 1 aliphatic rings. The summed E-state index contributed by atoms with van der Waals surface area (Å²) in [6.07, 6.45) is 11.6. The lowest BCUT2D eigenvalue weighted by Crippen LogP contribution is -2.28. The Bertz CT molecular complexity index is 391. The highest BCUT2D eigenvalue weighted by atomic mass is 16.5. The predicted octanol–water partition coefficient (Wildman–Crippen LogP) is 5.19. The van der Waals surface area contributed by atoms with Crippen LogP contribution >= 0.6 is 0 Å². The maximum absolute atomic E-state index is 10.7. The molecule has 0 aliphatic heterocycles. The van der Waals surface area contributed by atoms with Crippen LogP contribution in [0.15, 0.2) is 24.3 Å². The molecule has 0 amide bonds. The standard InChI is InChI=1S/C19H30O2/c1-2-3-4-5-9-16-21-18-12-10-17(11-13-18)19(20)14-7-6-8-15-19/h10-13,20H,2-9,14-16H2,1H3. The van der Waals surface area contributed by atoms with Gasteiger partial charge in [0.2, 0.25) is 0 Å². The summed E-state index contributed by atoms with van der Waals surface area (Å²) in [5.74, 6) is 0.925. The third-order valence-electron chi connectivity index (χ3n) is 4.59. The molecular weight excluding hydrogens is 260 g/mol. The molecule has 1 N–H and O–H groups in total. The van der Waals surface area contributed by atoms with Gasteiger partial charge < -0.3 is 9.84 Å². The number of ether oxygens (including phenoxy) is 1. The first-order chi connectivity index (χ1) is 10.2. The molecule has 0 heterocycles. The van der Waals surface area contributed by atoms with Crippen molar-refractivity contribution in [1.82, 2.24) is 0 Å². The third-order valence-corrected chi connectivity index (χ3v) is 4.59. The van der Waals surface area contributed by atoms with Crippen LogP contribution in [-0.4, -0.2) is 11.7 Å². The Morgan fingerprint density at radius 1 is 0.952 bits per heavy atom. The van der Waals surface area contributed by atoms with E-state index < -0.39 is 5.60 Å². The van der Waals surface area contributed by atoms with E-state index in [1.54, 1.807) is 0 Å². The van der Waals surface area contributed by atoms with Crippen molar-refractivity contribution >= 4 is 0 Å². The summed E-state index contributed by atoms with van der Waals surface area (Å²) in [6.45, 7) is 3.03. The van der Waals surface area contributed by atoms with Gasteiger partial charge in [-0.05, 0) is 37.0 Å². The quantitative estimate of drug-likeness (QED) is 0.668. The smallest absolute Gasteiger partial charge is 0.119 e. The minimum Gasteiger partial charge on any atom is -0.494 e. The highest BCUT2D eigenvalue weighted by molar-refractivity contribution is 5.31. The molecule has 21 heavy (non-hydrogen) atoms. The molecule has 1 aliphatic carbocycles. The van der Waals surface area contributed by atoms with Crippen LogP contribution in [0.4, 0.5) is 0 Å². The molecule has 1 fully saturated rings. The van der Waals surface area contributed by atoms with Gasteiger partial charge in [0.25, 0.3) is 0 Å². The van der Waals surface area contributed by atoms with Crippen LogP contribution in [0.1, 0.15) is 76.7 Å². The Kier molecular flexibility index (Phi) is 6.56. The lowest BCUT2D eigenvalue weighted by molar-refractivity contribution is -0.000661. The molecule has 0 atom stereocenters. The molecule has 2 rings (SSSR count). The number of aliphatic hydroxyl groups is 1. The number of rotatable bonds is 8. The van der Waals surface area contributed by atoms with Gasteiger partial charge in [-0.3, -0.25) is 0 Å². The van der Waals surface area contributed by atoms with Crippen molar-refractivity contribution in [3.8, 4) is 5.75 Å². The second-order valence-corrected chi connectivity index (χ2v) is 6.38. The van der Waals surface area contributed by atoms with E-state index in [-0.39, 0.29) is 0 Å². The normalized spacial score (nSPS) is 17.6. The van der Waals surface area contributed by atoms with Crippen molar-refractivity contribution in [1.29, 1.82) is 0 Å². The van der Waals surface area contributed by atoms with Gasteiger partial charge in [-0.15, -0.1) is 0 Å². The number of hydrogen-bond donors (Lipinski definition) is 1. The number of unbranched alkanes of at least 4 members (excludes halogenated alkanes) is 4. The lowest BCUT2D eigenvalue weighted by atomic mass is 9.80. The molecule has 2 heteroatoms. The Hall–Kier alpha value is -1.02. The molecule has 1 aromatic carbocycles. The summed E-state index contributed by atoms with van der Waals surface area (Å²) in [5, 5.41) is 10.7. The zero-order valence-corrected chi connectivity index (χ0v) is 13.4. The van der Waals surface area contributed by atoms with E-state index >= 15 is 0 Å². The first kappa shape index (κ1) is 16.4. The third kappa shape index (κ3) is 5.03.